The molecule has 0 spiro atoms. The van der Waals surface area contributed by atoms with Gasteiger partial charge in [0.15, 0.2) is 0 Å². The normalized spacial score (nSPS) is 23.9. The van der Waals surface area contributed by atoms with Crippen molar-refractivity contribution >= 4 is 5.91 Å². The fourth-order valence-electron chi connectivity index (χ4n) is 3.54. The van der Waals surface area contributed by atoms with Crippen LogP contribution in [0.2, 0.25) is 0 Å². The van der Waals surface area contributed by atoms with Gasteiger partial charge in [0.05, 0.1) is 0 Å². The van der Waals surface area contributed by atoms with E-state index in [2.05, 4.69) is 32.6 Å². The molecular formula is C19H30N2O. The van der Waals surface area contributed by atoms with E-state index in [0.717, 1.165) is 24.9 Å². The first-order chi connectivity index (χ1) is 10.2. The van der Waals surface area contributed by atoms with E-state index in [1.807, 2.05) is 49.3 Å². The van der Waals surface area contributed by atoms with Crippen LogP contribution in [0.25, 0.3) is 0 Å². The lowest BCUT2D eigenvalue weighted by Gasteiger charge is -2.47. The number of likely N-dealkylation sites (tertiary alicyclic amines) is 1. The minimum atomic E-state index is -0.207. The zero-order chi connectivity index (χ0) is 16.5. The molecule has 122 valence electrons. The maximum absolute atomic E-state index is 13.3. The molecule has 1 aliphatic heterocycles. The van der Waals surface area contributed by atoms with Gasteiger partial charge in [-0.25, -0.2) is 0 Å². The van der Waals surface area contributed by atoms with Crippen molar-refractivity contribution in [1.82, 2.24) is 9.80 Å². The lowest BCUT2D eigenvalue weighted by atomic mass is 9.73. The minimum absolute atomic E-state index is 0.0761. The summed E-state index contributed by atoms with van der Waals surface area (Å²) in [5, 5.41) is 0. The molecule has 1 aromatic carbocycles. The number of hydrogen-bond acceptors (Lipinski definition) is 2. The molecule has 2 atom stereocenters. The van der Waals surface area contributed by atoms with Crippen LogP contribution in [0.15, 0.2) is 30.3 Å². The van der Waals surface area contributed by atoms with E-state index in [-0.39, 0.29) is 22.9 Å². The third-order valence-electron chi connectivity index (χ3n) is 5.39. The number of amides is 1. The summed E-state index contributed by atoms with van der Waals surface area (Å²) < 4.78 is 0. The van der Waals surface area contributed by atoms with Crippen molar-refractivity contribution in [3.8, 4) is 0 Å². The Morgan fingerprint density at radius 3 is 2.32 bits per heavy atom. The highest BCUT2D eigenvalue weighted by Crippen LogP contribution is 2.44. The Bertz CT molecular complexity index is 518. The van der Waals surface area contributed by atoms with Crippen molar-refractivity contribution in [3.05, 3.63) is 35.9 Å². The second kappa shape index (κ2) is 6.04. The molecule has 1 aromatic rings. The van der Waals surface area contributed by atoms with Crippen molar-refractivity contribution in [1.29, 1.82) is 0 Å². The van der Waals surface area contributed by atoms with Gasteiger partial charge in [0.25, 0.3) is 0 Å². The van der Waals surface area contributed by atoms with Gasteiger partial charge in [0.1, 0.15) is 6.04 Å². The van der Waals surface area contributed by atoms with E-state index in [1.54, 1.807) is 0 Å². The average Bonchev–Trinajstić information content (AvgIpc) is 2.82. The fraction of sp³-hybridized carbons (Fsp3) is 0.632. The minimum Gasteiger partial charge on any atom is -0.335 e. The topological polar surface area (TPSA) is 23.6 Å². The molecule has 1 aliphatic rings. The second-order valence-electron chi connectivity index (χ2n) is 7.89. The molecule has 3 nitrogen and oxygen atoms in total. The molecule has 2 unspecified atom stereocenters. The summed E-state index contributed by atoms with van der Waals surface area (Å²) in [6.07, 6.45) is 2.17. The fourth-order valence-corrected chi connectivity index (χ4v) is 3.54. The smallest absolute Gasteiger partial charge is 0.244 e. The van der Waals surface area contributed by atoms with Crippen LogP contribution in [-0.2, 0) is 4.79 Å². The van der Waals surface area contributed by atoms with Gasteiger partial charge >= 0.3 is 0 Å². The lowest BCUT2D eigenvalue weighted by Crippen LogP contribution is -2.55. The van der Waals surface area contributed by atoms with Gasteiger partial charge in [-0.2, -0.15) is 0 Å². The Morgan fingerprint density at radius 1 is 1.23 bits per heavy atom. The highest BCUT2D eigenvalue weighted by atomic mass is 16.2. The predicted molar refractivity (Wildman–Crippen MR) is 91.7 cm³/mol. The first-order valence-corrected chi connectivity index (χ1v) is 8.21. The summed E-state index contributed by atoms with van der Waals surface area (Å²) in [7, 11) is 3.97. The maximum atomic E-state index is 13.3. The highest BCUT2D eigenvalue weighted by molar-refractivity contribution is 5.84. The van der Waals surface area contributed by atoms with Gasteiger partial charge in [0.2, 0.25) is 5.91 Å². The van der Waals surface area contributed by atoms with Gasteiger partial charge in [-0.1, -0.05) is 51.1 Å². The van der Waals surface area contributed by atoms with E-state index >= 15 is 0 Å². The molecule has 1 saturated heterocycles. The summed E-state index contributed by atoms with van der Waals surface area (Å²) in [5.41, 5.74) is 1.07. The molecule has 22 heavy (non-hydrogen) atoms. The van der Waals surface area contributed by atoms with Crippen molar-refractivity contribution < 1.29 is 4.79 Å². The van der Waals surface area contributed by atoms with Crippen molar-refractivity contribution in [3.63, 3.8) is 0 Å². The molecule has 0 aliphatic carbocycles. The van der Waals surface area contributed by atoms with Crippen LogP contribution in [0, 0.1) is 5.41 Å². The third-order valence-corrected chi connectivity index (χ3v) is 5.39. The van der Waals surface area contributed by atoms with Crippen molar-refractivity contribution in [2.75, 3.05) is 20.6 Å². The van der Waals surface area contributed by atoms with Crippen LogP contribution in [0.3, 0.4) is 0 Å². The van der Waals surface area contributed by atoms with Crippen molar-refractivity contribution in [2.45, 2.75) is 52.1 Å². The molecule has 3 heteroatoms. The molecular weight excluding hydrogens is 272 g/mol. The zero-order valence-corrected chi connectivity index (χ0v) is 14.9. The molecule has 0 N–H and O–H groups in total. The van der Waals surface area contributed by atoms with E-state index < -0.39 is 0 Å². The summed E-state index contributed by atoms with van der Waals surface area (Å²) in [6, 6.07) is 9.90. The Kier molecular flexibility index (Phi) is 4.67. The SMILES string of the molecule is CN(C)C(C(=O)N1CCCC1(C)C(C)(C)C)c1ccccc1. The zero-order valence-electron chi connectivity index (χ0n) is 14.9. The lowest BCUT2D eigenvalue weighted by molar-refractivity contribution is -0.144. The van der Waals surface area contributed by atoms with Gasteiger partial charge in [-0.3, -0.25) is 9.69 Å². The summed E-state index contributed by atoms with van der Waals surface area (Å²) in [4.78, 5) is 17.5. The second-order valence-corrected chi connectivity index (χ2v) is 7.89. The van der Waals surface area contributed by atoms with Gasteiger partial charge < -0.3 is 4.90 Å². The first-order valence-electron chi connectivity index (χ1n) is 8.21. The van der Waals surface area contributed by atoms with Crippen LogP contribution < -0.4 is 0 Å². The summed E-state index contributed by atoms with van der Waals surface area (Å²) in [5.74, 6) is 0.228. The summed E-state index contributed by atoms with van der Waals surface area (Å²) in [6.45, 7) is 9.84. The quantitative estimate of drug-likeness (QED) is 0.849. The molecule has 1 heterocycles. The Labute approximate surface area is 135 Å². The maximum Gasteiger partial charge on any atom is 0.244 e. The number of carbonyl (C=O) groups excluding carboxylic acids is 1. The van der Waals surface area contributed by atoms with Crippen LogP contribution in [0.1, 0.15) is 52.1 Å². The largest absolute Gasteiger partial charge is 0.335 e. The van der Waals surface area contributed by atoms with Gasteiger partial charge in [-0.05, 0) is 44.8 Å². The molecule has 2 rings (SSSR count). The Hall–Kier alpha value is -1.35. The van der Waals surface area contributed by atoms with Crippen LogP contribution >= 0.6 is 0 Å². The first kappa shape index (κ1) is 17.0. The number of carbonyl (C=O) groups is 1. The molecule has 0 saturated carbocycles. The number of likely N-dealkylation sites (N-methyl/N-ethyl adjacent to an activating group) is 1. The molecule has 1 fully saturated rings. The van der Waals surface area contributed by atoms with Gasteiger partial charge in [-0.15, -0.1) is 0 Å². The van der Waals surface area contributed by atoms with E-state index in [4.69, 9.17) is 0 Å². The monoisotopic (exact) mass is 302 g/mol. The van der Waals surface area contributed by atoms with E-state index in [1.165, 1.54) is 0 Å². The van der Waals surface area contributed by atoms with Crippen molar-refractivity contribution in [2.24, 2.45) is 5.41 Å². The summed E-state index contributed by atoms with van der Waals surface area (Å²) >= 11 is 0. The molecule has 0 aromatic heterocycles. The number of rotatable bonds is 3. The van der Waals surface area contributed by atoms with Crippen LogP contribution in [-0.4, -0.2) is 41.9 Å². The third kappa shape index (κ3) is 2.91. The number of benzene rings is 1. The Morgan fingerprint density at radius 2 is 1.82 bits per heavy atom. The number of nitrogens with zero attached hydrogens (tertiary/aromatic N) is 2. The van der Waals surface area contributed by atoms with Crippen LogP contribution in [0.5, 0.6) is 0 Å². The standard InChI is InChI=1S/C19H30N2O/c1-18(2,3)19(4)13-10-14-21(19)17(22)16(20(5)6)15-11-8-7-9-12-15/h7-9,11-12,16H,10,13-14H2,1-6H3. The average molecular weight is 302 g/mol. The predicted octanol–water partition coefficient (Wildman–Crippen LogP) is 3.72. The van der Waals surface area contributed by atoms with Crippen LogP contribution in [0.4, 0.5) is 0 Å². The highest BCUT2D eigenvalue weighted by Gasteiger charge is 2.49. The molecule has 0 radical (unpaired) electrons. The Balaban J connectivity index is 2.36. The molecule has 1 amide bonds. The molecule has 0 bridgehead atoms. The van der Waals surface area contributed by atoms with Gasteiger partial charge in [0, 0.05) is 12.1 Å². The van der Waals surface area contributed by atoms with E-state index in [0.29, 0.717) is 0 Å². The number of hydrogen-bond donors (Lipinski definition) is 0. The van der Waals surface area contributed by atoms with E-state index in [9.17, 15) is 4.79 Å².